The number of allylic oxidation sites excluding steroid dienone is 5. The first-order chi connectivity index (χ1) is 19.9. The zero-order valence-corrected chi connectivity index (χ0v) is 29.3. The Balaban J connectivity index is 0.00000225. The summed E-state index contributed by atoms with van der Waals surface area (Å²) in [5, 5.41) is 0. The van der Waals surface area contributed by atoms with Crippen molar-refractivity contribution >= 4 is 37.2 Å². The van der Waals surface area contributed by atoms with E-state index in [-0.39, 0.29) is 48.7 Å². The van der Waals surface area contributed by atoms with Crippen LogP contribution in [0, 0.1) is 5.41 Å². The molecule has 2 aromatic carbocycles. The van der Waals surface area contributed by atoms with Crippen LogP contribution in [-0.2, 0) is 9.47 Å². The van der Waals surface area contributed by atoms with Crippen molar-refractivity contribution in [2.75, 3.05) is 45.9 Å². The number of halogens is 3. The van der Waals surface area contributed by atoms with Gasteiger partial charge in [-0.25, -0.2) is 0 Å². The number of nitrogens with two attached hydrogens (primary N) is 1. The van der Waals surface area contributed by atoms with Crippen molar-refractivity contribution in [3.63, 3.8) is 0 Å². The van der Waals surface area contributed by atoms with Crippen LogP contribution < -0.4 is 5.73 Å². The highest BCUT2D eigenvalue weighted by Gasteiger charge is 2.43. The van der Waals surface area contributed by atoms with Gasteiger partial charge < -0.3 is 20.1 Å². The average Bonchev–Trinajstić information content (AvgIpc) is 3.25. The lowest BCUT2D eigenvalue weighted by Crippen LogP contribution is -2.50. The van der Waals surface area contributed by atoms with E-state index in [1.54, 1.807) is 0 Å². The van der Waals surface area contributed by atoms with Gasteiger partial charge in [0.1, 0.15) is 17.6 Å². The van der Waals surface area contributed by atoms with E-state index < -0.39 is 0 Å². The van der Waals surface area contributed by atoms with Crippen molar-refractivity contribution < 1.29 is 9.47 Å². The molecule has 244 valence electrons. The van der Waals surface area contributed by atoms with Gasteiger partial charge in [-0.05, 0) is 63.3 Å². The molecule has 2 aliphatic heterocycles. The normalized spacial score (nSPS) is 20.6. The third-order valence-corrected chi connectivity index (χ3v) is 9.32. The standard InChI is InChI=1S/C36H49N3O2.3ClH/c1-27-28(2)41-29(3)32-25-36(4,35(37)33(27)32)26-39-22-20-38(21-23-39)19-13-5-6-14-24-40-34(30-15-9-7-10-16-30)31-17-11-8-12-18-31;;;/h7-12,15-18,34H,5-6,13-14,19-26,37H2,1-4H3;3*1H. The Morgan fingerprint density at radius 1 is 0.773 bits per heavy atom. The third-order valence-electron chi connectivity index (χ3n) is 9.32. The fraction of sp³-hybridized carbons (Fsp3) is 0.500. The SMILES string of the molecule is CC1=C(C)C2=C(N)C(C)(CN3CCN(CCCCCCOC(c4ccccc4)c4ccccc4)CC3)CC2=C(C)O1.Cl.Cl.Cl. The van der Waals surface area contributed by atoms with E-state index in [0.29, 0.717) is 0 Å². The van der Waals surface area contributed by atoms with Crippen molar-refractivity contribution in [1.82, 2.24) is 9.80 Å². The number of unbranched alkanes of at least 4 members (excludes halogenated alkanes) is 3. The summed E-state index contributed by atoms with van der Waals surface area (Å²) in [6.45, 7) is 16.2. The molecular formula is C36H52Cl3N3O2. The first-order valence-corrected chi connectivity index (χ1v) is 15.6. The van der Waals surface area contributed by atoms with Gasteiger partial charge in [0.25, 0.3) is 0 Å². The number of hydrogen-bond donors (Lipinski definition) is 1. The molecule has 8 heteroatoms. The number of piperazine rings is 1. The fourth-order valence-corrected chi connectivity index (χ4v) is 6.75. The second kappa shape index (κ2) is 17.6. The van der Waals surface area contributed by atoms with Gasteiger partial charge in [0.15, 0.2) is 0 Å². The van der Waals surface area contributed by atoms with Gasteiger partial charge in [-0.3, -0.25) is 4.90 Å². The number of benzene rings is 2. The van der Waals surface area contributed by atoms with E-state index in [0.717, 1.165) is 69.4 Å². The lowest BCUT2D eigenvalue weighted by Gasteiger charge is -2.39. The monoisotopic (exact) mass is 663 g/mol. The predicted octanol–water partition coefficient (Wildman–Crippen LogP) is 8.46. The minimum atomic E-state index is -0.0224. The first kappa shape index (κ1) is 38.2. The Bertz CT molecular complexity index is 1230. The molecule has 2 heterocycles. The van der Waals surface area contributed by atoms with Gasteiger partial charge in [-0.2, -0.15) is 0 Å². The number of hydrogen-bond acceptors (Lipinski definition) is 5. The quantitative estimate of drug-likeness (QED) is 0.231. The zero-order chi connectivity index (χ0) is 28.8. The summed E-state index contributed by atoms with van der Waals surface area (Å²) in [4.78, 5) is 5.26. The van der Waals surface area contributed by atoms with Gasteiger partial charge >= 0.3 is 0 Å². The minimum absolute atomic E-state index is 0. The molecule has 5 nitrogen and oxygen atoms in total. The van der Waals surface area contributed by atoms with Crippen LogP contribution in [0.15, 0.2) is 94.6 Å². The molecule has 0 aromatic heterocycles. The molecular weight excluding hydrogens is 613 g/mol. The lowest BCUT2D eigenvalue weighted by atomic mass is 9.85. The highest BCUT2D eigenvalue weighted by atomic mass is 35.5. The molecule has 1 unspecified atom stereocenters. The summed E-state index contributed by atoms with van der Waals surface area (Å²) >= 11 is 0. The van der Waals surface area contributed by atoms with Crippen LogP contribution in [0.3, 0.4) is 0 Å². The minimum Gasteiger partial charge on any atom is -0.466 e. The van der Waals surface area contributed by atoms with Crippen molar-refractivity contribution in [2.45, 2.75) is 65.9 Å². The zero-order valence-electron chi connectivity index (χ0n) is 26.8. The molecule has 3 aliphatic rings. The van der Waals surface area contributed by atoms with Gasteiger partial charge in [0.05, 0.1) is 0 Å². The molecule has 1 fully saturated rings. The third kappa shape index (κ3) is 9.05. The van der Waals surface area contributed by atoms with E-state index >= 15 is 0 Å². The van der Waals surface area contributed by atoms with Crippen molar-refractivity contribution in [1.29, 1.82) is 0 Å². The molecule has 0 saturated carbocycles. The Hall–Kier alpha value is -1.99. The second-order valence-electron chi connectivity index (χ2n) is 12.4. The Morgan fingerprint density at radius 2 is 1.32 bits per heavy atom. The lowest BCUT2D eigenvalue weighted by molar-refractivity contribution is 0.0762. The van der Waals surface area contributed by atoms with Gasteiger partial charge in [-0.1, -0.05) is 80.4 Å². The molecule has 0 amide bonds. The Kier molecular flexibility index (Phi) is 15.3. The van der Waals surface area contributed by atoms with Crippen LogP contribution in [0.25, 0.3) is 0 Å². The molecule has 1 aliphatic carbocycles. The molecule has 2 N–H and O–H groups in total. The molecule has 2 aromatic rings. The van der Waals surface area contributed by atoms with Crippen molar-refractivity contribution in [3.05, 3.63) is 106 Å². The molecule has 1 saturated heterocycles. The Labute approximate surface area is 284 Å². The van der Waals surface area contributed by atoms with Crippen LogP contribution in [-0.4, -0.2) is 55.7 Å². The summed E-state index contributed by atoms with van der Waals surface area (Å²) in [5.41, 5.74) is 14.1. The number of ether oxygens (including phenoxy) is 2. The van der Waals surface area contributed by atoms with Crippen LogP contribution in [0.1, 0.15) is 77.0 Å². The van der Waals surface area contributed by atoms with Crippen LogP contribution in [0.2, 0.25) is 0 Å². The van der Waals surface area contributed by atoms with Gasteiger partial charge in [0.2, 0.25) is 0 Å². The Morgan fingerprint density at radius 3 is 1.91 bits per heavy atom. The van der Waals surface area contributed by atoms with Crippen LogP contribution in [0.4, 0.5) is 0 Å². The first-order valence-electron chi connectivity index (χ1n) is 15.6. The number of nitrogens with zero attached hydrogens (tertiary/aromatic N) is 2. The molecule has 5 rings (SSSR count). The average molecular weight is 665 g/mol. The smallest absolute Gasteiger partial charge is 0.108 e. The maximum atomic E-state index is 6.83. The highest BCUT2D eigenvalue weighted by molar-refractivity contribution is 5.86. The second-order valence-corrected chi connectivity index (χ2v) is 12.4. The topological polar surface area (TPSA) is 51.0 Å². The summed E-state index contributed by atoms with van der Waals surface area (Å²) in [5.74, 6) is 2.01. The predicted molar refractivity (Wildman–Crippen MR) is 190 cm³/mol. The molecule has 44 heavy (non-hydrogen) atoms. The molecule has 1 atom stereocenters. The van der Waals surface area contributed by atoms with Crippen LogP contribution in [0.5, 0.6) is 0 Å². The van der Waals surface area contributed by atoms with E-state index in [9.17, 15) is 0 Å². The summed E-state index contributed by atoms with van der Waals surface area (Å²) in [6.07, 6.45) is 5.83. The summed E-state index contributed by atoms with van der Waals surface area (Å²) in [6, 6.07) is 21.2. The van der Waals surface area contributed by atoms with E-state index in [2.05, 4.69) is 91.2 Å². The van der Waals surface area contributed by atoms with Gasteiger partial charge in [0, 0.05) is 61.6 Å². The summed E-state index contributed by atoms with van der Waals surface area (Å²) < 4.78 is 12.4. The summed E-state index contributed by atoms with van der Waals surface area (Å²) in [7, 11) is 0. The van der Waals surface area contributed by atoms with Crippen LogP contribution >= 0.6 is 37.2 Å². The van der Waals surface area contributed by atoms with E-state index in [4.69, 9.17) is 15.2 Å². The number of rotatable bonds is 12. The van der Waals surface area contributed by atoms with E-state index in [1.807, 2.05) is 6.92 Å². The van der Waals surface area contributed by atoms with Crippen molar-refractivity contribution in [2.24, 2.45) is 11.1 Å². The largest absolute Gasteiger partial charge is 0.466 e. The fourth-order valence-electron chi connectivity index (χ4n) is 6.75. The van der Waals surface area contributed by atoms with E-state index in [1.165, 1.54) is 53.7 Å². The number of fused-ring (bicyclic) bond motifs is 1. The van der Waals surface area contributed by atoms with Gasteiger partial charge in [-0.15, -0.1) is 37.2 Å². The highest BCUT2D eigenvalue weighted by Crippen LogP contribution is 2.50. The maximum Gasteiger partial charge on any atom is 0.108 e. The maximum absolute atomic E-state index is 6.83. The molecule has 0 spiro atoms. The molecule has 0 bridgehead atoms. The molecule has 0 radical (unpaired) electrons. The van der Waals surface area contributed by atoms with Crippen molar-refractivity contribution in [3.8, 4) is 0 Å².